The molecule has 0 N–H and O–H groups in total. The monoisotopic (exact) mass is 491 g/mol. The number of anilines is 1. The largest absolute Gasteiger partial charge is 0.466 e. The molecule has 0 radical (unpaired) electrons. The lowest BCUT2D eigenvalue weighted by Crippen LogP contribution is -2.43. The molecule has 33 heavy (non-hydrogen) atoms. The summed E-state index contributed by atoms with van der Waals surface area (Å²) in [5.41, 5.74) is 0.881. The van der Waals surface area contributed by atoms with Crippen molar-refractivity contribution in [3.8, 4) is 5.69 Å². The molecule has 0 bridgehead atoms. The van der Waals surface area contributed by atoms with Crippen LogP contribution < -0.4 is 4.90 Å². The fraction of sp³-hybridized carbons (Fsp3) is 0.565. The summed E-state index contributed by atoms with van der Waals surface area (Å²) in [4.78, 5) is 29.2. The van der Waals surface area contributed by atoms with Gasteiger partial charge in [0.1, 0.15) is 0 Å². The van der Waals surface area contributed by atoms with Crippen molar-refractivity contribution in [2.45, 2.75) is 49.9 Å². The van der Waals surface area contributed by atoms with E-state index in [-0.39, 0.29) is 23.0 Å². The molecule has 4 rings (SSSR count). The summed E-state index contributed by atoms with van der Waals surface area (Å²) in [6.45, 7) is 7.10. The van der Waals surface area contributed by atoms with Gasteiger partial charge in [-0.15, -0.1) is 10.2 Å². The molecule has 10 heteroatoms. The predicted molar refractivity (Wildman–Crippen MR) is 129 cm³/mol. The number of thioether (sulfide) groups is 1. The number of amides is 1. The van der Waals surface area contributed by atoms with Crippen LogP contribution in [-0.4, -0.2) is 69.6 Å². The molecule has 2 aromatic rings. The van der Waals surface area contributed by atoms with Gasteiger partial charge in [-0.25, -0.2) is 0 Å². The van der Waals surface area contributed by atoms with Crippen LogP contribution in [0.15, 0.2) is 29.4 Å². The highest BCUT2D eigenvalue weighted by Gasteiger charge is 2.32. The molecule has 0 aliphatic carbocycles. The number of esters is 1. The molecule has 2 aliphatic rings. The normalized spacial score (nSPS) is 17.9. The van der Waals surface area contributed by atoms with Crippen molar-refractivity contribution in [3.05, 3.63) is 29.3 Å². The summed E-state index contributed by atoms with van der Waals surface area (Å²) in [6.07, 6.45) is 3.53. The Kier molecular flexibility index (Phi) is 7.80. The van der Waals surface area contributed by atoms with Crippen molar-refractivity contribution in [1.29, 1.82) is 0 Å². The highest BCUT2D eigenvalue weighted by atomic mass is 35.5. The number of carbonyl (C=O) groups excluding carboxylic acids is 2. The van der Waals surface area contributed by atoms with Crippen LogP contribution >= 0.6 is 23.4 Å². The Hall–Kier alpha value is -2.26. The van der Waals surface area contributed by atoms with Gasteiger partial charge in [0.2, 0.25) is 11.9 Å². The fourth-order valence-electron chi connectivity index (χ4n) is 4.36. The van der Waals surface area contributed by atoms with Gasteiger partial charge >= 0.3 is 5.97 Å². The lowest BCUT2D eigenvalue weighted by molar-refractivity contribution is -0.151. The third kappa shape index (κ3) is 5.46. The van der Waals surface area contributed by atoms with E-state index < -0.39 is 0 Å². The molecule has 2 saturated heterocycles. The average molecular weight is 492 g/mol. The summed E-state index contributed by atoms with van der Waals surface area (Å²) < 4.78 is 7.13. The highest BCUT2D eigenvalue weighted by molar-refractivity contribution is 8.00. The Morgan fingerprint density at radius 2 is 1.91 bits per heavy atom. The Labute approximate surface area is 203 Å². The molecular formula is C23H30ClN5O3S. The molecule has 8 nitrogen and oxygen atoms in total. The standard InChI is InChI=1S/C23H30ClN5O3S/c1-3-32-21(31)17-9-13-27(14-10-17)20(30)16(2)33-23-26-25-22(28-11-4-5-12-28)29(23)19-8-6-7-18(24)15-19/h6-8,15-17H,3-5,9-14H2,1-2H3/t16-/m1/s1. The average Bonchev–Trinajstić information content (AvgIpc) is 3.49. The Morgan fingerprint density at radius 3 is 2.58 bits per heavy atom. The second kappa shape index (κ2) is 10.8. The van der Waals surface area contributed by atoms with Crippen molar-refractivity contribution in [3.63, 3.8) is 0 Å². The smallest absolute Gasteiger partial charge is 0.309 e. The number of rotatable bonds is 7. The molecule has 1 atom stereocenters. The van der Waals surface area contributed by atoms with Gasteiger partial charge in [0.05, 0.1) is 23.5 Å². The van der Waals surface area contributed by atoms with Crippen LogP contribution in [0.3, 0.4) is 0 Å². The highest BCUT2D eigenvalue weighted by Crippen LogP contribution is 2.32. The first kappa shape index (κ1) is 23.9. The Bertz CT molecular complexity index is 986. The van der Waals surface area contributed by atoms with Crippen molar-refractivity contribution >= 4 is 41.2 Å². The van der Waals surface area contributed by atoms with Gasteiger partial charge in [-0.05, 0) is 57.7 Å². The van der Waals surface area contributed by atoms with E-state index in [1.165, 1.54) is 11.8 Å². The second-order valence-electron chi connectivity index (χ2n) is 8.40. The number of nitrogens with zero attached hydrogens (tertiary/aromatic N) is 5. The molecule has 2 fully saturated rings. The van der Waals surface area contributed by atoms with Gasteiger partial charge in [-0.1, -0.05) is 29.4 Å². The zero-order valence-corrected chi connectivity index (χ0v) is 20.6. The molecule has 0 spiro atoms. The van der Waals surface area contributed by atoms with Crippen molar-refractivity contribution in [2.24, 2.45) is 5.92 Å². The summed E-state index contributed by atoms with van der Waals surface area (Å²) in [5, 5.41) is 9.89. The van der Waals surface area contributed by atoms with Crippen LogP contribution in [0.25, 0.3) is 5.69 Å². The van der Waals surface area contributed by atoms with Crippen molar-refractivity contribution in [2.75, 3.05) is 37.7 Å². The zero-order valence-electron chi connectivity index (χ0n) is 19.1. The van der Waals surface area contributed by atoms with E-state index in [1.807, 2.05) is 47.6 Å². The van der Waals surface area contributed by atoms with Crippen LogP contribution in [0.5, 0.6) is 0 Å². The third-order valence-electron chi connectivity index (χ3n) is 6.13. The van der Waals surface area contributed by atoms with Crippen LogP contribution in [-0.2, 0) is 14.3 Å². The first-order valence-electron chi connectivity index (χ1n) is 11.6. The van der Waals surface area contributed by atoms with Gasteiger partial charge in [0, 0.05) is 31.2 Å². The second-order valence-corrected chi connectivity index (χ2v) is 10.1. The first-order chi connectivity index (χ1) is 16.0. The van der Waals surface area contributed by atoms with Crippen LogP contribution in [0.2, 0.25) is 5.02 Å². The summed E-state index contributed by atoms with van der Waals surface area (Å²) >= 11 is 7.67. The summed E-state index contributed by atoms with van der Waals surface area (Å²) in [7, 11) is 0. The van der Waals surface area contributed by atoms with Gasteiger partial charge < -0.3 is 14.5 Å². The van der Waals surface area contributed by atoms with Crippen LogP contribution in [0, 0.1) is 5.92 Å². The minimum atomic E-state index is -0.335. The number of benzene rings is 1. The van der Waals surface area contributed by atoms with E-state index >= 15 is 0 Å². The van der Waals surface area contributed by atoms with E-state index in [2.05, 4.69) is 15.1 Å². The van der Waals surface area contributed by atoms with E-state index in [0.717, 1.165) is 37.6 Å². The number of halogens is 1. The van der Waals surface area contributed by atoms with Gasteiger partial charge in [-0.2, -0.15) is 0 Å². The van der Waals surface area contributed by atoms with E-state index in [9.17, 15) is 9.59 Å². The van der Waals surface area contributed by atoms with Gasteiger partial charge in [0.15, 0.2) is 5.16 Å². The number of carbonyl (C=O) groups is 2. The maximum absolute atomic E-state index is 13.2. The quantitative estimate of drug-likeness (QED) is 0.430. The molecule has 1 amide bonds. The number of ether oxygens (including phenoxy) is 1. The van der Waals surface area contributed by atoms with Crippen LogP contribution in [0.1, 0.15) is 39.5 Å². The Balaban J connectivity index is 1.48. The molecule has 1 aromatic carbocycles. The van der Waals surface area contributed by atoms with Crippen molar-refractivity contribution < 1.29 is 14.3 Å². The third-order valence-corrected chi connectivity index (χ3v) is 7.39. The Morgan fingerprint density at radius 1 is 1.18 bits per heavy atom. The summed E-state index contributed by atoms with van der Waals surface area (Å²) in [6, 6.07) is 7.61. The van der Waals surface area contributed by atoms with E-state index in [4.69, 9.17) is 16.3 Å². The molecule has 2 aliphatic heterocycles. The number of likely N-dealkylation sites (tertiary alicyclic amines) is 1. The number of hydrogen-bond acceptors (Lipinski definition) is 7. The lowest BCUT2D eigenvalue weighted by Gasteiger charge is -2.32. The zero-order chi connectivity index (χ0) is 23.4. The lowest BCUT2D eigenvalue weighted by atomic mass is 9.97. The van der Waals surface area contributed by atoms with E-state index in [1.54, 1.807) is 0 Å². The predicted octanol–water partition coefficient (Wildman–Crippen LogP) is 3.80. The molecule has 0 saturated carbocycles. The van der Waals surface area contributed by atoms with Gasteiger partial charge in [-0.3, -0.25) is 14.2 Å². The topological polar surface area (TPSA) is 80.6 Å². The fourth-order valence-corrected chi connectivity index (χ4v) is 5.49. The molecule has 1 aromatic heterocycles. The molecule has 3 heterocycles. The number of aromatic nitrogens is 3. The maximum Gasteiger partial charge on any atom is 0.309 e. The van der Waals surface area contributed by atoms with Crippen LogP contribution in [0.4, 0.5) is 5.95 Å². The molecule has 0 unspecified atom stereocenters. The van der Waals surface area contributed by atoms with Crippen molar-refractivity contribution in [1.82, 2.24) is 19.7 Å². The minimum absolute atomic E-state index is 0.0469. The van der Waals surface area contributed by atoms with Gasteiger partial charge in [0.25, 0.3) is 0 Å². The summed E-state index contributed by atoms with van der Waals surface area (Å²) in [5.74, 6) is 0.555. The SMILES string of the molecule is CCOC(=O)C1CCN(C(=O)[C@@H](C)Sc2nnc(N3CCCC3)n2-c2cccc(Cl)c2)CC1. The maximum atomic E-state index is 13.2. The number of hydrogen-bond donors (Lipinski definition) is 0. The number of piperidine rings is 1. The molecular weight excluding hydrogens is 462 g/mol. The van der Waals surface area contributed by atoms with E-state index in [0.29, 0.717) is 42.7 Å². The molecule has 178 valence electrons. The first-order valence-corrected chi connectivity index (χ1v) is 12.8. The minimum Gasteiger partial charge on any atom is -0.466 e.